The van der Waals surface area contributed by atoms with Crippen LogP contribution in [0.3, 0.4) is 0 Å². The second-order valence-corrected chi connectivity index (χ2v) is 5.22. The summed E-state index contributed by atoms with van der Waals surface area (Å²) in [4.78, 5) is 24.4. The van der Waals surface area contributed by atoms with E-state index < -0.39 is 12.1 Å². The van der Waals surface area contributed by atoms with E-state index in [2.05, 4.69) is 0 Å². The molecule has 6 nitrogen and oxygen atoms in total. The van der Waals surface area contributed by atoms with Crippen LogP contribution in [0, 0.1) is 0 Å². The molecule has 0 unspecified atom stereocenters. The molecule has 1 saturated heterocycles. The Bertz CT molecular complexity index is 491. The van der Waals surface area contributed by atoms with Gasteiger partial charge in [-0.1, -0.05) is 30.3 Å². The molecule has 0 aliphatic carbocycles. The first-order chi connectivity index (χ1) is 10.6. The number of benzene rings is 1. The number of nitrogens with zero attached hydrogens (tertiary/aromatic N) is 1. The minimum Gasteiger partial charge on any atom is -0.481 e. The van der Waals surface area contributed by atoms with Gasteiger partial charge in [0.25, 0.3) is 0 Å². The summed E-state index contributed by atoms with van der Waals surface area (Å²) in [5.74, 6) is -0.933. The summed E-state index contributed by atoms with van der Waals surface area (Å²) in [5, 5.41) is 8.77. The van der Waals surface area contributed by atoms with Crippen molar-refractivity contribution in [3.05, 3.63) is 35.9 Å². The summed E-state index contributed by atoms with van der Waals surface area (Å²) in [5.41, 5.74) is 1.07. The lowest BCUT2D eigenvalue weighted by Gasteiger charge is -2.32. The highest BCUT2D eigenvalue weighted by atomic mass is 16.5. The maximum atomic E-state index is 12.1. The zero-order valence-corrected chi connectivity index (χ0v) is 12.4. The number of hydrogen-bond acceptors (Lipinski definition) is 4. The van der Waals surface area contributed by atoms with Crippen LogP contribution in [-0.2, 0) is 25.7 Å². The van der Waals surface area contributed by atoms with Crippen LogP contribution >= 0.6 is 0 Å². The normalized spacial score (nSPS) is 18.2. The quantitative estimate of drug-likeness (QED) is 0.768. The molecule has 1 fully saturated rings. The Morgan fingerprint density at radius 2 is 2.09 bits per heavy atom. The monoisotopic (exact) mass is 307 g/mol. The molecule has 0 bridgehead atoms. The van der Waals surface area contributed by atoms with E-state index >= 15 is 0 Å². The highest BCUT2D eigenvalue weighted by Gasteiger charge is 2.25. The topological polar surface area (TPSA) is 76.1 Å². The Kier molecular flexibility index (Phi) is 6.36. The molecule has 1 aliphatic heterocycles. The zero-order valence-electron chi connectivity index (χ0n) is 12.4. The Balaban J connectivity index is 1.67. The molecule has 120 valence electrons. The predicted octanol–water partition coefficient (Wildman–Crippen LogP) is 1.30. The number of rotatable bonds is 7. The van der Waals surface area contributed by atoms with Gasteiger partial charge in [0.2, 0.25) is 5.91 Å². The third-order valence-corrected chi connectivity index (χ3v) is 3.47. The SMILES string of the molecule is O=C(O)C[C@H]1CN(C(=O)CCOCc2ccccc2)CCO1. The molecule has 0 spiro atoms. The van der Waals surface area contributed by atoms with E-state index in [1.165, 1.54) is 0 Å². The van der Waals surface area contributed by atoms with Gasteiger partial charge in [0, 0.05) is 13.1 Å². The van der Waals surface area contributed by atoms with Crippen LogP contribution in [-0.4, -0.2) is 54.3 Å². The fourth-order valence-corrected chi connectivity index (χ4v) is 2.35. The number of carboxylic acid groups (broad SMARTS) is 1. The number of hydrogen-bond donors (Lipinski definition) is 1. The van der Waals surface area contributed by atoms with Gasteiger partial charge < -0.3 is 19.5 Å². The number of ether oxygens (including phenoxy) is 2. The smallest absolute Gasteiger partial charge is 0.306 e. The van der Waals surface area contributed by atoms with E-state index in [0.717, 1.165) is 5.56 Å². The molecule has 0 aromatic heterocycles. The molecule has 1 atom stereocenters. The third kappa shape index (κ3) is 5.46. The van der Waals surface area contributed by atoms with E-state index in [4.69, 9.17) is 14.6 Å². The van der Waals surface area contributed by atoms with Gasteiger partial charge >= 0.3 is 5.97 Å². The average Bonchev–Trinajstić information content (AvgIpc) is 2.52. The highest BCUT2D eigenvalue weighted by Crippen LogP contribution is 2.10. The van der Waals surface area contributed by atoms with E-state index in [9.17, 15) is 9.59 Å². The molecule has 1 amide bonds. The molecule has 2 rings (SSSR count). The third-order valence-electron chi connectivity index (χ3n) is 3.47. The van der Waals surface area contributed by atoms with E-state index in [-0.39, 0.29) is 12.3 Å². The molecule has 1 N–H and O–H groups in total. The molecule has 1 aliphatic rings. The number of morpholine rings is 1. The lowest BCUT2D eigenvalue weighted by Crippen LogP contribution is -2.46. The molecule has 0 saturated carbocycles. The number of aliphatic carboxylic acids is 1. The van der Waals surface area contributed by atoms with Crippen LogP contribution in [0.1, 0.15) is 18.4 Å². The lowest BCUT2D eigenvalue weighted by atomic mass is 10.2. The molecule has 1 aromatic carbocycles. The molecule has 1 heterocycles. The number of carboxylic acids is 1. The number of carbonyl (C=O) groups excluding carboxylic acids is 1. The van der Waals surface area contributed by atoms with Gasteiger partial charge in [0.15, 0.2) is 0 Å². The molecule has 22 heavy (non-hydrogen) atoms. The van der Waals surface area contributed by atoms with E-state index in [1.807, 2.05) is 30.3 Å². The van der Waals surface area contributed by atoms with Gasteiger partial charge in [0.05, 0.1) is 38.8 Å². The summed E-state index contributed by atoms with van der Waals surface area (Å²) in [6.07, 6.45) is -0.193. The average molecular weight is 307 g/mol. The zero-order chi connectivity index (χ0) is 15.8. The molecular formula is C16H21NO5. The number of carbonyl (C=O) groups is 2. The van der Waals surface area contributed by atoms with Crippen LogP contribution in [0.4, 0.5) is 0 Å². The maximum absolute atomic E-state index is 12.1. The van der Waals surface area contributed by atoms with Crippen LogP contribution in [0.2, 0.25) is 0 Å². The Morgan fingerprint density at radius 1 is 1.32 bits per heavy atom. The van der Waals surface area contributed by atoms with Crippen molar-refractivity contribution in [3.63, 3.8) is 0 Å². The van der Waals surface area contributed by atoms with Crippen molar-refractivity contribution in [1.29, 1.82) is 0 Å². The minimum absolute atomic E-state index is 0.0215. The number of amides is 1. The van der Waals surface area contributed by atoms with Crippen LogP contribution in [0.15, 0.2) is 30.3 Å². The van der Waals surface area contributed by atoms with Gasteiger partial charge in [-0.15, -0.1) is 0 Å². The first kappa shape index (κ1) is 16.5. The van der Waals surface area contributed by atoms with Gasteiger partial charge in [-0.05, 0) is 5.56 Å². The highest BCUT2D eigenvalue weighted by molar-refractivity contribution is 5.76. The van der Waals surface area contributed by atoms with Gasteiger partial charge in [-0.3, -0.25) is 9.59 Å². The van der Waals surface area contributed by atoms with Crippen molar-refractivity contribution in [3.8, 4) is 0 Å². The standard InChI is InChI=1S/C16H21NO5/c18-15(6-8-21-12-13-4-2-1-3-5-13)17-7-9-22-14(11-17)10-16(19)20/h1-5,14H,6-12H2,(H,19,20)/t14-/m0/s1. The summed E-state index contributed by atoms with van der Waals surface area (Å²) in [7, 11) is 0. The first-order valence-corrected chi connectivity index (χ1v) is 7.38. The maximum Gasteiger partial charge on any atom is 0.306 e. The molecular weight excluding hydrogens is 286 g/mol. The fourth-order valence-electron chi connectivity index (χ4n) is 2.35. The molecule has 0 radical (unpaired) electrons. The van der Waals surface area contributed by atoms with Gasteiger partial charge in [-0.2, -0.15) is 0 Å². The summed E-state index contributed by atoms with van der Waals surface area (Å²) < 4.78 is 10.8. The van der Waals surface area contributed by atoms with Crippen molar-refractivity contribution >= 4 is 11.9 Å². The van der Waals surface area contributed by atoms with Crippen LogP contribution in [0.5, 0.6) is 0 Å². The van der Waals surface area contributed by atoms with Gasteiger partial charge in [-0.25, -0.2) is 0 Å². The second kappa shape index (κ2) is 8.51. The predicted molar refractivity (Wildman–Crippen MR) is 79.3 cm³/mol. The Hall–Kier alpha value is -1.92. The van der Waals surface area contributed by atoms with Gasteiger partial charge in [0.1, 0.15) is 0 Å². The summed E-state index contributed by atoms with van der Waals surface area (Å²) in [6.45, 7) is 2.07. The summed E-state index contributed by atoms with van der Waals surface area (Å²) >= 11 is 0. The summed E-state index contributed by atoms with van der Waals surface area (Å²) in [6, 6.07) is 9.78. The van der Waals surface area contributed by atoms with Crippen LogP contribution in [0.25, 0.3) is 0 Å². The van der Waals surface area contributed by atoms with E-state index in [0.29, 0.717) is 39.3 Å². The molecule has 1 aromatic rings. The first-order valence-electron chi connectivity index (χ1n) is 7.38. The molecule has 6 heteroatoms. The second-order valence-electron chi connectivity index (χ2n) is 5.22. The fraction of sp³-hybridized carbons (Fsp3) is 0.500. The Morgan fingerprint density at radius 3 is 2.82 bits per heavy atom. The lowest BCUT2D eigenvalue weighted by molar-refractivity contribution is -0.148. The van der Waals surface area contributed by atoms with Crippen molar-refractivity contribution in [1.82, 2.24) is 4.90 Å². The largest absolute Gasteiger partial charge is 0.481 e. The van der Waals surface area contributed by atoms with Crippen molar-refractivity contribution in [2.24, 2.45) is 0 Å². The van der Waals surface area contributed by atoms with Crippen molar-refractivity contribution < 1.29 is 24.2 Å². The van der Waals surface area contributed by atoms with Crippen LogP contribution < -0.4 is 0 Å². The minimum atomic E-state index is -0.912. The Labute approximate surface area is 129 Å². The van der Waals surface area contributed by atoms with Crippen molar-refractivity contribution in [2.75, 3.05) is 26.3 Å². The van der Waals surface area contributed by atoms with Crippen molar-refractivity contribution in [2.45, 2.75) is 25.6 Å². The van der Waals surface area contributed by atoms with E-state index in [1.54, 1.807) is 4.90 Å².